The second-order valence-electron chi connectivity index (χ2n) is 8.55. The molecular formula is C24H29N3OS. The molecule has 0 saturated carbocycles. The van der Waals surface area contributed by atoms with Crippen LogP contribution in [0, 0.1) is 5.92 Å². The smallest absolute Gasteiger partial charge is 0.198 e. The van der Waals surface area contributed by atoms with Gasteiger partial charge < -0.3 is 16.0 Å². The van der Waals surface area contributed by atoms with Crippen molar-refractivity contribution in [2.75, 3.05) is 30.7 Å². The maximum absolute atomic E-state index is 13.2. The molecule has 2 atom stereocenters. The molecule has 2 aromatic carbocycles. The van der Waals surface area contributed by atoms with Gasteiger partial charge in [0.25, 0.3) is 0 Å². The Kier molecular flexibility index (Phi) is 5.18. The highest BCUT2D eigenvalue weighted by Crippen LogP contribution is 2.35. The molecule has 2 aliphatic heterocycles. The highest BCUT2D eigenvalue weighted by molar-refractivity contribution is 7.25. The van der Waals surface area contributed by atoms with Gasteiger partial charge in [0.2, 0.25) is 0 Å². The lowest BCUT2D eigenvalue weighted by Crippen LogP contribution is -2.48. The first-order valence-electron chi connectivity index (χ1n) is 10.9. The van der Waals surface area contributed by atoms with E-state index in [2.05, 4.69) is 10.2 Å². The van der Waals surface area contributed by atoms with Crippen LogP contribution >= 0.6 is 11.3 Å². The summed E-state index contributed by atoms with van der Waals surface area (Å²) >= 11 is 1.61. The Morgan fingerprint density at radius 2 is 1.93 bits per heavy atom. The number of benzene rings is 2. The zero-order chi connectivity index (χ0) is 19.8. The molecule has 2 aliphatic rings. The monoisotopic (exact) mass is 407 g/mol. The van der Waals surface area contributed by atoms with E-state index < -0.39 is 0 Å². The molecule has 152 valence electrons. The molecule has 0 spiro atoms. The number of piperidine rings is 2. The average Bonchev–Trinajstić information content (AvgIpc) is 2.76. The van der Waals surface area contributed by atoms with E-state index in [4.69, 9.17) is 5.73 Å². The van der Waals surface area contributed by atoms with Crippen LogP contribution < -0.4 is 16.5 Å². The average molecular weight is 408 g/mol. The predicted octanol–water partition coefficient (Wildman–Crippen LogP) is 5.06. The summed E-state index contributed by atoms with van der Waals surface area (Å²) in [6.45, 7) is 3.47. The maximum atomic E-state index is 13.2. The van der Waals surface area contributed by atoms with Crippen LogP contribution in [0.25, 0.3) is 20.2 Å². The molecule has 2 saturated heterocycles. The predicted molar refractivity (Wildman–Crippen MR) is 125 cm³/mol. The number of nitrogens with one attached hydrogen (secondary N) is 1. The van der Waals surface area contributed by atoms with Gasteiger partial charge in [-0.2, -0.15) is 0 Å². The van der Waals surface area contributed by atoms with Crippen molar-refractivity contribution in [3.05, 3.63) is 46.6 Å². The van der Waals surface area contributed by atoms with Crippen molar-refractivity contribution < 1.29 is 0 Å². The highest BCUT2D eigenvalue weighted by Gasteiger charge is 2.32. The third kappa shape index (κ3) is 3.51. The van der Waals surface area contributed by atoms with E-state index >= 15 is 0 Å². The van der Waals surface area contributed by atoms with Crippen LogP contribution in [0.2, 0.25) is 0 Å². The van der Waals surface area contributed by atoms with E-state index in [0.29, 0.717) is 5.69 Å². The van der Waals surface area contributed by atoms with Gasteiger partial charge in [-0.25, -0.2) is 0 Å². The van der Waals surface area contributed by atoms with Crippen LogP contribution in [0.3, 0.4) is 0 Å². The molecular weight excluding hydrogens is 378 g/mol. The van der Waals surface area contributed by atoms with E-state index in [1.807, 2.05) is 36.4 Å². The molecule has 3 aromatic rings. The van der Waals surface area contributed by atoms with Gasteiger partial charge in [0, 0.05) is 34.0 Å². The summed E-state index contributed by atoms with van der Waals surface area (Å²) in [4.78, 5) is 15.9. The SMILES string of the molecule is Nc1ccc(NCCC2CCCN3CCCCC23)c2c(=O)c3ccccc3sc12. The quantitative estimate of drug-likeness (QED) is 0.469. The topological polar surface area (TPSA) is 58.4 Å². The molecule has 3 heterocycles. The Morgan fingerprint density at radius 3 is 2.86 bits per heavy atom. The normalized spacial score (nSPS) is 22.6. The van der Waals surface area contributed by atoms with Gasteiger partial charge in [-0.05, 0) is 75.4 Å². The van der Waals surface area contributed by atoms with Crippen molar-refractivity contribution in [1.29, 1.82) is 0 Å². The van der Waals surface area contributed by atoms with Crippen LogP contribution in [0.15, 0.2) is 41.2 Å². The lowest BCUT2D eigenvalue weighted by atomic mass is 9.81. The Hall–Kier alpha value is -2.11. The highest BCUT2D eigenvalue weighted by atomic mass is 32.1. The number of anilines is 2. The largest absolute Gasteiger partial charge is 0.398 e. The van der Waals surface area contributed by atoms with Gasteiger partial charge in [-0.3, -0.25) is 4.79 Å². The van der Waals surface area contributed by atoms with Gasteiger partial charge in [-0.1, -0.05) is 18.6 Å². The Labute approximate surface area is 175 Å². The van der Waals surface area contributed by atoms with E-state index in [1.165, 1.54) is 45.2 Å². The van der Waals surface area contributed by atoms with Crippen LogP contribution in [0.1, 0.15) is 38.5 Å². The molecule has 0 aliphatic carbocycles. The van der Waals surface area contributed by atoms with Gasteiger partial charge in [0.05, 0.1) is 10.1 Å². The Morgan fingerprint density at radius 1 is 1.07 bits per heavy atom. The number of nitrogens with zero attached hydrogens (tertiary/aromatic N) is 1. The fourth-order valence-corrected chi connectivity index (χ4v) is 6.50. The molecule has 1 aromatic heterocycles. The van der Waals surface area contributed by atoms with Crippen molar-refractivity contribution in [1.82, 2.24) is 4.90 Å². The number of rotatable bonds is 4. The van der Waals surface area contributed by atoms with E-state index in [-0.39, 0.29) is 5.43 Å². The summed E-state index contributed by atoms with van der Waals surface area (Å²) in [5.41, 5.74) is 7.94. The summed E-state index contributed by atoms with van der Waals surface area (Å²) in [5, 5.41) is 5.12. The van der Waals surface area contributed by atoms with Gasteiger partial charge in [-0.15, -0.1) is 11.3 Å². The van der Waals surface area contributed by atoms with E-state index in [9.17, 15) is 4.79 Å². The first kappa shape index (κ1) is 18.9. The molecule has 5 heteroatoms. The molecule has 2 fully saturated rings. The van der Waals surface area contributed by atoms with Crippen molar-refractivity contribution >= 4 is 42.9 Å². The molecule has 3 N–H and O–H groups in total. The van der Waals surface area contributed by atoms with Crippen molar-refractivity contribution in [2.45, 2.75) is 44.6 Å². The van der Waals surface area contributed by atoms with E-state index in [1.54, 1.807) is 11.3 Å². The fourth-order valence-electron chi connectivity index (χ4n) is 5.38. The van der Waals surface area contributed by atoms with Crippen molar-refractivity contribution in [3.63, 3.8) is 0 Å². The zero-order valence-corrected chi connectivity index (χ0v) is 17.6. The summed E-state index contributed by atoms with van der Waals surface area (Å²) in [7, 11) is 0. The number of nitrogens with two attached hydrogens (primary N) is 1. The summed E-state index contributed by atoms with van der Waals surface area (Å²) in [6.07, 6.45) is 7.92. The molecule has 2 unspecified atom stereocenters. The minimum absolute atomic E-state index is 0.0836. The van der Waals surface area contributed by atoms with Gasteiger partial charge >= 0.3 is 0 Å². The van der Waals surface area contributed by atoms with Crippen molar-refractivity contribution in [3.8, 4) is 0 Å². The minimum atomic E-state index is 0.0836. The van der Waals surface area contributed by atoms with Gasteiger partial charge in [0.1, 0.15) is 0 Å². The molecule has 29 heavy (non-hydrogen) atoms. The standard InChI is InChI=1S/C24H29N3OS/c25-18-10-11-19(22-23(28)17-7-1-2-9-21(17)29-24(18)22)26-13-12-16-6-5-15-27-14-4-3-8-20(16)27/h1-2,7,9-11,16,20,26H,3-6,8,12-15,25H2. The van der Waals surface area contributed by atoms with E-state index in [0.717, 1.165) is 50.8 Å². The third-order valence-corrected chi connectivity index (χ3v) is 8.04. The number of hydrogen-bond acceptors (Lipinski definition) is 5. The lowest BCUT2D eigenvalue weighted by Gasteiger charge is -2.44. The Balaban J connectivity index is 1.40. The molecule has 5 rings (SSSR count). The zero-order valence-electron chi connectivity index (χ0n) is 16.8. The second kappa shape index (κ2) is 7.96. The summed E-state index contributed by atoms with van der Waals surface area (Å²) in [6, 6.07) is 12.5. The minimum Gasteiger partial charge on any atom is -0.398 e. The van der Waals surface area contributed by atoms with Gasteiger partial charge in [0.15, 0.2) is 5.43 Å². The molecule has 4 nitrogen and oxygen atoms in total. The lowest BCUT2D eigenvalue weighted by molar-refractivity contribution is 0.0573. The third-order valence-electron chi connectivity index (χ3n) is 6.82. The first-order valence-corrected chi connectivity index (χ1v) is 11.8. The summed E-state index contributed by atoms with van der Waals surface area (Å²) in [5.74, 6) is 0.770. The number of hydrogen-bond donors (Lipinski definition) is 2. The van der Waals surface area contributed by atoms with Crippen molar-refractivity contribution in [2.24, 2.45) is 5.92 Å². The Bertz CT molecular complexity index is 1090. The molecule has 0 radical (unpaired) electrons. The molecule has 0 bridgehead atoms. The van der Waals surface area contributed by atoms with Crippen LogP contribution in [0.5, 0.6) is 0 Å². The second-order valence-corrected chi connectivity index (χ2v) is 9.60. The van der Waals surface area contributed by atoms with Crippen LogP contribution in [-0.2, 0) is 0 Å². The summed E-state index contributed by atoms with van der Waals surface area (Å²) < 4.78 is 1.89. The van der Waals surface area contributed by atoms with Crippen LogP contribution in [0.4, 0.5) is 11.4 Å². The van der Waals surface area contributed by atoms with Crippen LogP contribution in [-0.4, -0.2) is 30.6 Å². The molecule has 0 amide bonds. The number of fused-ring (bicyclic) bond motifs is 3. The fraction of sp³-hybridized carbons (Fsp3) is 0.458. The number of nitrogen functional groups attached to an aromatic ring is 1. The first-order chi connectivity index (χ1) is 14.2. The maximum Gasteiger partial charge on any atom is 0.198 e.